The van der Waals surface area contributed by atoms with Gasteiger partial charge in [0.2, 0.25) is 0 Å². The minimum atomic E-state index is -4.98. The third-order valence-electron chi connectivity index (χ3n) is 5.63. The van der Waals surface area contributed by atoms with E-state index in [0.717, 1.165) is 12.1 Å². The predicted octanol–water partition coefficient (Wildman–Crippen LogP) is 5.31. The number of methoxy groups -OCH3 is 1. The molecular weight excluding hydrogens is 468 g/mol. The molecule has 0 aliphatic carbocycles. The highest BCUT2D eigenvalue weighted by Gasteiger charge is 2.33. The van der Waals surface area contributed by atoms with Crippen LogP contribution in [0.15, 0.2) is 53.7 Å². The summed E-state index contributed by atoms with van der Waals surface area (Å²) < 4.78 is 63.6. The van der Waals surface area contributed by atoms with Crippen LogP contribution < -0.4 is 10.1 Å². The van der Waals surface area contributed by atoms with E-state index in [0.29, 0.717) is 52.7 Å². The Hall–Kier alpha value is -3.99. The Morgan fingerprint density at radius 3 is 2.66 bits per heavy atom. The van der Waals surface area contributed by atoms with Crippen molar-refractivity contribution < 1.29 is 31.8 Å². The van der Waals surface area contributed by atoms with Crippen molar-refractivity contribution in [2.24, 2.45) is 4.99 Å². The number of fused-ring (bicyclic) bond motifs is 1. The van der Waals surface area contributed by atoms with Crippen LogP contribution in [0.2, 0.25) is 0 Å². The number of aliphatic imine (C=N–C) groups is 1. The SMILES string of the molecule is COC1NC(=O)c2cccc(-c3cc(-c4cc(F)cc(OC(F)(F)F)c4)n(C4=CN=CCC4)n3)c21. The van der Waals surface area contributed by atoms with Crippen LogP contribution in [0.3, 0.4) is 0 Å². The number of ether oxygens (including phenoxy) is 2. The zero-order chi connectivity index (χ0) is 24.7. The number of carbonyl (C=O) groups excluding carboxylic acids is 1. The molecule has 2 aromatic carbocycles. The topological polar surface area (TPSA) is 77.7 Å². The van der Waals surface area contributed by atoms with Gasteiger partial charge in [-0.15, -0.1) is 13.2 Å². The molecule has 1 atom stereocenters. The van der Waals surface area contributed by atoms with Gasteiger partial charge in [0, 0.05) is 47.8 Å². The van der Waals surface area contributed by atoms with E-state index < -0.39 is 24.2 Å². The predicted molar refractivity (Wildman–Crippen MR) is 119 cm³/mol. The fourth-order valence-electron chi connectivity index (χ4n) is 4.21. The first kappa shape index (κ1) is 22.8. The highest BCUT2D eigenvalue weighted by molar-refractivity contribution is 6.01. The molecule has 1 unspecified atom stereocenters. The highest BCUT2D eigenvalue weighted by atomic mass is 19.4. The Balaban J connectivity index is 1.69. The van der Waals surface area contributed by atoms with E-state index in [1.165, 1.54) is 11.8 Å². The highest BCUT2D eigenvalue weighted by Crippen LogP contribution is 2.38. The number of hydrogen-bond donors (Lipinski definition) is 1. The van der Waals surface area contributed by atoms with E-state index in [1.54, 1.807) is 36.7 Å². The average molecular weight is 486 g/mol. The number of carbonyl (C=O) groups is 1. The first-order valence-electron chi connectivity index (χ1n) is 10.6. The van der Waals surface area contributed by atoms with Crippen LogP contribution >= 0.6 is 0 Å². The van der Waals surface area contributed by atoms with E-state index in [2.05, 4.69) is 20.1 Å². The maximum atomic E-state index is 14.3. The second-order valence-electron chi connectivity index (χ2n) is 7.90. The minimum Gasteiger partial charge on any atom is -0.406 e. The molecule has 1 amide bonds. The third kappa shape index (κ3) is 4.42. The van der Waals surface area contributed by atoms with Gasteiger partial charge in [-0.3, -0.25) is 9.79 Å². The lowest BCUT2D eigenvalue weighted by molar-refractivity contribution is -0.274. The molecule has 5 rings (SSSR count). The van der Waals surface area contributed by atoms with E-state index in [9.17, 15) is 22.4 Å². The number of nitrogens with one attached hydrogen (secondary N) is 1. The van der Waals surface area contributed by atoms with Gasteiger partial charge in [0.15, 0.2) is 6.23 Å². The molecule has 2 aliphatic heterocycles. The summed E-state index contributed by atoms with van der Waals surface area (Å²) in [5, 5.41) is 7.41. The van der Waals surface area contributed by atoms with Crippen LogP contribution in [0.5, 0.6) is 5.75 Å². The Labute approximate surface area is 196 Å². The molecule has 1 N–H and O–H groups in total. The molecule has 3 aromatic rings. The van der Waals surface area contributed by atoms with Crippen LogP contribution in [-0.4, -0.2) is 35.4 Å². The van der Waals surface area contributed by atoms with Gasteiger partial charge >= 0.3 is 6.36 Å². The van der Waals surface area contributed by atoms with Crippen LogP contribution in [0.4, 0.5) is 17.6 Å². The monoisotopic (exact) mass is 486 g/mol. The molecule has 0 spiro atoms. The lowest BCUT2D eigenvalue weighted by Gasteiger charge is -2.14. The average Bonchev–Trinajstić information content (AvgIpc) is 3.40. The Bertz CT molecular complexity index is 1380. The smallest absolute Gasteiger partial charge is 0.406 e. The maximum Gasteiger partial charge on any atom is 0.573 e. The van der Waals surface area contributed by atoms with Gasteiger partial charge in [-0.2, -0.15) is 5.10 Å². The zero-order valence-corrected chi connectivity index (χ0v) is 18.3. The Morgan fingerprint density at radius 1 is 1.14 bits per heavy atom. The van der Waals surface area contributed by atoms with Crippen molar-refractivity contribution in [3.05, 3.63) is 65.6 Å². The van der Waals surface area contributed by atoms with Gasteiger partial charge in [0.25, 0.3) is 5.91 Å². The molecule has 3 heterocycles. The Morgan fingerprint density at radius 2 is 1.94 bits per heavy atom. The number of aromatic nitrogens is 2. The molecule has 0 bridgehead atoms. The first-order chi connectivity index (χ1) is 16.7. The summed E-state index contributed by atoms with van der Waals surface area (Å²) in [5.41, 5.74) is 3.17. The summed E-state index contributed by atoms with van der Waals surface area (Å²) in [6, 6.07) is 9.61. The first-order valence-corrected chi connectivity index (χ1v) is 10.6. The summed E-state index contributed by atoms with van der Waals surface area (Å²) >= 11 is 0. The fraction of sp³-hybridized carbons (Fsp3) is 0.208. The van der Waals surface area contributed by atoms with Crippen molar-refractivity contribution in [1.29, 1.82) is 0 Å². The number of amides is 1. The number of nitrogens with zero attached hydrogens (tertiary/aromatic N) is 3. The minimum absolute atomic E-state index is 0.128. The molecule has 0 fully saturated rings. The van der Waals surface area contributed by atoms with E-state index in [-0.39, 0.29) is 11.5 Å². The van der Waals surface area contributed by atoms with Gasteiger partial charge < -0.3 is 14.8 Å². The van der Waals surface area contributed by atoms with Gasteiger partial charge in [-0.05, 0) is 37.1 Å². The quantitative estimate of drug-likeness (QED) is 0.496. The standard InChI is InChI=1S/C24H18F4N4O3/c1-34-23-21-17(5-2-6-18(21)22(33)30-23)19-11-20(32(31-19)15-4-3-7-29-12-15)13-8-14(25)10-16(9-13)35-24(26,27)28/h2,5-12,23H,3-4H2,1H3,(H,30,33). The summed E-state index contributed by atoms with van der Waals surface area (Å²) in [6.45, 7) is 0. The Kier molecular flexibility index (Phi) is 5.64. The van der Waals surface area contributed by atoms with Gasteiger partial charge in [-0.25, -0.2) is 9.07 Å². The summed E-state index contributed by atoms with van der Waals surface area (Å²) in [7, 11) is 1.46. The zero-order valence-electron chi connectivity index (χ0n) is 18.3. The van der Waals surface area contributed by atoms with Gasteiger partial charge in [0.1, 0.15) is 11.6 Å². The number of hydrogen-bond acceptors (Lipinski definition) is 5. The van der Waals surface area contributed by atoms with Crippen molar-refractivity contribution in [2.45, 2.75) is 25.4 Å². The number of alkyl halides is 3. The summed E-state index contributed by atoms with van der Waals surface area (Å²) in [4.78, 5) is 16.5. The van der Waals surface area contributed by atoms with Gasteiger partial charge in [0.05, 0.1) is 17.1 Å². The number of allylic oxidation sites excluding steroid dienone is 1. The van der Waals surface area contributed by atoms with Crippen LogP contribution in [0, 0.1) is 5.82 Å². The van der Waals surface area contributed by atoms with Crippen molar-refractivity contribution in [3.8, 4) is 28.3 Å². The number of halogens is 4. The molecule has 180 valence electrons. The van der Waals surface area contributed by atoms with E-state index >= 15 is 0 Å². The second kappa shape index (κ2) is 8.66. The summed E-state index contributed by atoms with van der Waals surface area (Å²) in [5.74, 6) is -1.88. The van der Waals surface area contributed by atoms with Crippen LogP contribution in [-0.2, 0) is 4.74 Å². The molecule has 11 heteroatoms. The van der Waals surface area contributed by atoms with E-state index in [4.69, 9.17) is 4.74 Å². The fourth-order valence-corrected chi connectivity index (χ4v) is 4.21. The van der Waals surface area contributed by atoms with Crippen molar-refractivity contribution in [2.75, 3.05) is 7.11 Å². The lowest BCUT2D eigenvalue weighted by atomic mass is 9.99. The largest absolute Gasteiger partial charge is 0.573 e. The molecule has 0 saturated carbocycles. The van der Waals surface area contributed by atoms with Crippen LogP contribution in [0.25, 0.3) is 28.2 Å². The van der Waals surface area contributed by atoms with Crippen molar-refractivity contribution in [3.63, 3.8) is 0 Å². The lowest BCUT2D eigenvalue weighted by Crippen LogP contribution is -2.20. The molecule has 1 aromatic heterocycles. The molecule has 0 saturated heterocycles. The number of rotatable bonds is 5. The molecule has 7 nitrogen and oxygen atoms in total. The summed E-state index contributed by atoms with van der Waals surface area (Å²) in [6.07, 6.45) is -1.15. The third-order valence-corrected chi connectivity index (χ3v) is 5.63. The maximum absolute atomic E-state index is 14.3. The number of benzene rings is 2. The molecule has 35 heavy (non-hydrogen) atoms. The normalized spacial score (nSPS) is 17.2. The van der Waals surface area contributed by atoms with Gasteiger partial charge in [-0.1, -0.05) is 12.1 Å². The van der Waals surface area contributed by atoms with Crippen molar-refractivity contribution in [1.82, 2.24) is 15.1 Å². The molecular formula is C24H18F4N4O3. The van der Waals surface area contributed by atoms with Crippen molar-refractivity contribution >= 4 is 17.8 Å². The second-order valence-corrected chi connectivity index (χ2v) is 7.90. The van der Waals surface area contributed by atoms with E-state index in [1.807, 2.05) is 0 Å². The molecule has 0 radical (unpaired) electrons. The van der Waals surface area contributed by atoms with Crippen LogP contribution in [0.1, 0.15) is 35.0 Å². The molecule has 2 aliphatic rings.